The van der Waals surface area contributed by atoms with Gasteiger partial charge in [0.05, 0.1) is 53.5 Å². The number of urea groups is 1. The summed E-state index contributed by atoms with van der Waals surface area (Å²) in [6.45, 7) is 16.8. The molecule has 0 spiro atoms. The van der Waals surface area contributed by atoms with Gasteiger partial charge in [-0.15, -0.1) is 11.3 Å². The van der Waals surface area contributed by atoms with E-state index in [1.54, 1.807) is 82.1 Å². The van der Waals surface area contributed by atoms with Crippen LogP contribution in [0, 0.1) is 35.5 Å². The third kappa shape index (κ3) is 26.4. The number of carbonyl (C=O) groups is 11. The van der Waals surface area contributed by atoms with E-state index in [2.05, 4.69) is 36.9 Å². The number of primary amides is 1. The van der Waals surface area contributed by atoms with E-state index in [-0.39, 0.29) is 80.1 Å². The average Bonchev–Trinajstić information content (AvgIpc) is 1.39. The maximum atomic E-state index is 14.9. The fourth-order valence-corrected chi connectivity index (χ4v) is 15.4. The Morgan fingerprint density at radius 2 is 1.35 bits per heavy atom. The zero-order chi connectivity index (χ0) is 79.1. The second-order valence-corrected chi connectivity index (χ2v) is 30.9. The Kier molecular flexibility index (Phi) is 36.1. The molecule has 27 heteroatoms. The molecule has 0 bridgehead atoms. The van der Waals surface area contributed by atoms with Crippen molar-refractivity contribution in [3.05, 3.63) is 148 Å². The van der Waals surface area contributed by atoms with Gasteiger partial charge in [-0.05, 0) is 110 Å². The lowest BCUT2D eigenvalue weighted by Crippen LogP contribution is -2.60. The standard InChI is InChI=1S/C81H113N11O14S2/c1-14-53(8)71(64(104-12)48-67(95)92-44-29-36-62(92)73(105-13)54(9)74(97)87-61(78-83-43-45-107-78)46-55-30-22-20-23-31-55)90(10)79(101)69(51(4)5)89-77(100)70(52(6)7)91(11)81(103)106-49-56-38-40-57(41-39-56)85-75(98)60(35-28-42-84-80(82)102)86-76(99)68(50(2)3)88-66(94)37-27-21-26-34-59-63(93)47-65(72(59)96)108-58-32-24-18-16-15-17-19-25-33-58/h15-20,22-25,30-33,38-41,43,45,47,50-54,59-62,64,68-71,73H,14,21,26-29,34-37,42,44,46,48-49H2,1-13H3,(H,85,98)(H,86,99)(H,87,97)(H,88,94)(H,89,100)(H3,82,84,102)/t53-,54+,59?,60-,61-,62-,64+,68-,69-,70-,71-,73+/m0/s1. The van der Waals surface area contributed by atoms with Crippen LogP contribution in [0.25, 0.3) is 0 Å². The number of hydrogen-bond donors (Lipinski definition) is 7. The summed E-state index contributed by atoms with van der Waals surface area (Å²) in [5.74, 6) is -6.32. The first-order valence-corrected chi connectivity index (χ1v) is 39.2. The molecule has 25 nitrogen and oxygen atoms in total. The van der Waals surface area contributed by atoms with Crippen molar-refractivity contribution in [3.8, 4) is 0 Å². The van der Waals surface area contributed by atoms with Crippen LogP contribution < -0.4 is 37.6 Å². The predicted molar refractivity (Wildman–Crippen MR) is 418 cm³/mol. The third-order valence-electron chi connectivity index (χ3n) is 19.9. The number of Topliss-reactive ketones (excluding diaryl/α,β-unsaturated/α-hetero) is 1. The Labute approximate surface area is 644 Å². The Morgan fingerprint density at radius 1 is 0.704 bits per heavy atom. The van der Waals surface area contributed by atoms with E-state index in [0.717, 1.165) is 15.5 Å². The van der Waals surface area contributed by atoms with Crippen molar-refractivity contribution in [2.75, 3.05) is 46.7 Å². The second-order valence-electron chi connectivity index (χ2n) is 28.9. The summed E-state index contributed by atoms with van der Waals surface area (Å²) >= 11 is 2.72. The number of nitrogens with zero attached hydrogens (tertiary/aromatic N) is 4. The van der Waals surface area contributed by atoms with Crippen molar-refractivity contribution in [1.82, 2.24) is 46.3 Å². The van der Waals surface area contributed by atoms with Crippen molar-refractivity contribution in [2.24, 2.45) is 41.2 Å². The summed E-state index contributed by atoms with van der Waals surface area (Å²) in [7, 11) is 6.17. The number of thiazole rings is 1. The number of allylic oxidation sites excluding steroid dienone is 2. The second kappa shape index (κ2) is 44.4. The number of nitrogens with one attached hydrogen (secondary N) is 6. The molecular weight excluding hydrogens is 1420 g/mol. The van der Waals surface area contributed by atoms with Crippen LogP contribution in [-0.4, -0.2) is 175 Å². The van der Waals surface area contributed by atoms with Gasteiger partial charge in [-0.25, -0.2) is 14.6 Å². The highest BCUT2D eigenvalue weighted by atomic mass is 32.2. The van der Waals surface area contributed by atoms with Crippen molar-refractivity contribution in [3.63, 3.8) is 0 Å². The molecule has 1 aromatic heterocycles. The lowest BCUT2D eigenvalue weighted by atomic mass is 9.89. The summed E-state index contributed by atoms with van der Waals surface area (Å²) in [6, 6.07) is 26.7. The molecule has 1 saturated heterocycles. The van der Waals surface area contributed by atoms with Crippen LogP contribution in [0.15, 0.2) is 137 Å². The number of ketones is 2. The first-order valence-electron chi connectivity index (χ1n) is 37.5. The highest BCUT2D eigenvalue weighted by Gasteiger charge is 2.44. The number of carbonyl (C=O) groups excluding carboxylic acids is 11. The number of benzene rings is 2. The van der Waals surface area contributed by atoms with E-state index in [1.807, 2.05) is 125 Å². The van der Waals surface area contributed by atoms with Crippen LogP contribution in [0.5, 0.6) is 0 Å². The minimum absolute atomic E-state index is 0.0768. The maximum Gasteiger partial charge on any atom is 0.410 e. The molecule has 3 aromatic carbocycles. The predicted octanol–water partition coefficient (Wildman–Crippen LogP) is 10.4. The molecule has 108 heavy (non-hydrogen) atoms. The maximum absolute atomic E-state index is 14.9. The number of amides is 10. The van der Waals surface area contributed by atoms with E-state index in [9.17, 15) is 52.7 Å². The van der Waals surface area contributed by atoms with E-state index in [0.29, 0.717) is 74.1 Å². The smallest absolute Gasteiger partial charge is 0.410 e. The summed E-state index contributed by atoms with van der Waals surface area (Å²) in [5, 5.41) is 19.8. The molecule has 588 valence electrons. The number of unbranched alkanes of at least 4 members (excludes halogenated alkanes) is 2. The fourth-order valence-electron chi connectivity index (χ4n) is 13.7. The minimum atomic E-state index is -1.13. The highest BCUT2D eigenvalue weighted by molar-refractivity contribution is 8.04. The number of likely N-dealkylation sites (N-methyl/N-ethyl adjacent to an activating group) is 2. The summed E-state index contributed by atoms with van der Waals surface area (Å²) in [6.07, 6.45) is 5.57. The van der Waals surface area contributed by atoms with Gasteiger partial charge < -0.3 is 61.6 Å². The third-order valence-corrected chi connectivity index (χ3v) is 21.8. The first-order chi connectivity index (χ1) is 51.6. The van der Waals surface area contributed by atoms with Gasteiger partial charge in [-0.2, -0.15) is 0 Å². The number of ether oxygens (including phenoxy) is 3. The number of anilines is 1. The molecule has 4 aromatic rings. The van der Waals surface area contributed by atoms with Crippen molar-refractivity contribution in [2.45, 2.75) is 205 Å². The van der Waals surface area contributed by atoms with Crippen LogP contribution in [-0.2, 0) is 70.4 Å². The molecule has 0 saturated carbocycles. The van der Waals surface area contributed by atoms with Crippen molar-refractivity contribution < 1.29 is 67.0 Å². The minimum Gasteiger partial charge on any atom is -0.445 e. The van der Waals surface area contributed by atoms with Crippen LogP contribution in [0.4, 0.5) is 15.3 Å². The van der Waals surface area contributed by atoms with Gasteiger partial charge in [0.15, 0.2) is 11.6 Å². The Hall–Kier alpha value is -9.05. The van der Waals surface area contributed by atoms with Gasteiger partial charge in [0.25, 0.3) is 0 Å². The first kappa shape index (κ1) is 87.9. The number of nitrogens with two attached hydrogens (primary N) is 1. The molecule has 1 aliphatic heterocycles. The van der Waals surface area contributed by atoms with Crippen LogP contribution in [0.1, 0.15) is 155 Å². The van der Waals surface area contributed by atoms with E-state index < -0.39 is 114 Å². The van der Waals surface area contributed by atoms with Gasteiger partial charge in [0.1, 0.15) is 35.8 Å². The molecule has 2 aliphatic rings. The van der Waals surface area contributed by atoms with E-state index >= 15 is 0 Å². The van der Waals surface area contributed by atoms with Crippen LogP contribution in [0.3, 0.4) is 0 Å². The van der Waals surface area contributed by atoms with Gasteiger partial charge >= 0.3 is 12.1 Å². The number of methoxy groups -OCH3 is 2. The lowest BCUT2D eigenvalue weighted by Gasteiger charge is -2.41. The highest BCUT2D eigenvalue weighted by Crippen LogP contribution is 2.36. The Bertz CT molecular complexity index is 3710. The summed E-state index contributed by atoms with van der Waals surface area (Å²) in [4.78, 5) is 161. The number of thioether (sulfide) groups is 1. The van der Waals surface area contributed by atoms with Crippen LogP contribution in [0.2, 0.25) is 0 Å². The van der Waals surface area contributed by atoms with Crippen LogP contribution >= 0.6 is 23.1 Å². The monoisotopic (exact) mass is 1530 g/mol. The Morgan fingerprint density at radius 3 is 1.95 bits per heavy atom. The number of rotatable bonds is 41. The molecule has 1 aliphatic carbocycles. The van der Waals surface area contributed by atoms with E-state index in [4.69, 9.17) is 19.9 Å². The molecule has 12 atom stereocenters. The molecule has 2 heterocycles. The van der Waals surface area contributed by atoms with Gasteiger partial charge in [0.2, 0.25) is 41.4 Å². The zero-order valence-corrected chi connectivity index (χ0v) is 66.4. The van der Waals surface area contributed by atoms with Gasteiger partial charge in [0, 0.05) is 70.0 Å². The van der Waals surface area contributed by atoms with Gasteiger partial charge in [-0.1, -0.05) is 178 Å². The van der Waals surface area contributed by atoms with Gasteiger partial charge in [-0.3, -0.25) is 48.1 Å². The number of likely N-dealkylation sites (tertiary alicyclic amines) is 1. The van der Waals surface area contributed by atoms with Crippen molar-refractivity contribution in [1.29, 1.82) is 0 Å². The lowest BCUT2D eigenvalue weighted by molar-refractivity contribution is -0.148. The molecule has 8 N–H and O–H groups in total. The molecular formula is C81H113N11O14S2. The normalized spacial score (nSPS) is 17.0. The molecule has 10 amide bonds. The SMILES string of the molecule is CC[C@H](C)[C@@H]([C@@H](CC(=O)N1CCC[C@H]1[C@H](OC)[C@@H](C)C(=O)N[C@@H](Cc1ccccc1)c1nccs1)OC)N(C)C(=O)[C@@H](NC(=O)[C@H](C(C)C)N(C)C(=O)OCc1ccc(NC(=O)[C@H](CCCNC(N)=O)NC(=O)[C@@H](NC(=O)CCCCCC2C(=O)C=C(Sc3ccccccccc3)C2=O)C(C)C)cc1)C(C)C. The number of hydrogen-bond acceptors (Lipinski definition) is 17. The largest absolute Gasteiger partial charge is 0.445 e. The topological polar surface area (TPSA) is 336 Å². The molecule has 1 unspecified atom stereocenters. The zero-order valence-electron chi connectivity index (χ0n) is 64.8. The molecule has 6 rings (SSSR count). The van der Waals surface area contributed by atoms with Crippen molar-refractivity contribution >= 4 is 93.8 Å². The molecule has 1 fully saturated rings. The summed E-state index contributed by atoms with van der Waals surface area (Å²) in [5.41, 5.74) is 7.20. The quantitative estimate of drug-likeness (QED) is 0.0160. The average molecular weight is 1530 g/mol. The molecule has 0 radical (unpaired) electrons. The summed E-state index contributed by atoms with van der Waals surface area (Å²) < 4.78 is 18.0. The number of aromatic nitrogens is 1. The van der Waals surface area contributed by atoms with E-state index in [1.165, 1.54) is 48.2 Å². The Balaban J connectivity index is 1.01. The fraction of sp³-hybridized carbons (Fsp3) is 0.531.